The van der Waals surface area contributed by atoms with Crippen molar-refractivity contribution >= 4 is 17.3 Å². The van der Waals surface area contributed by atoms with Gasteiger partial charge in [-0.05, 0) is 18.9 Å². The molecule has 22 heavy (non-hydrogen) atoms. The lowest BCUT2D eigenvalue weighted by molar-refractivity contribution is -0.384. The highest BCUT2D eigenvalue weighted by Crippen LogP contribution is 2.19. The zero-order valence-corrected chi connectivity index (χ0v) is 11.9. The minimum Gasteiger partial charge on any atom is -0.387 e. The Hall–Kier alpha value is -2.88. The van der Waals surface area contributed by atoms with Crippen LogP contribution in [0.2, 0.25) is 0 Å². The number of nitro groups is 1. The predicted molar refractivity (Wildman–Crippen MR) is 80.8 cm³/mol. The number of nitrogens with zero attached hydrogens (tertiary/aromatic N) is 2. The molecule has 0 aliphatic heterocycles. The highest BCUT2D eigenvalue weighted by molar-refractivity contribution is 6.06. The largest absolute Gasteiger partial charge is 0.387 e. The van der Waals surface area contributed by atoms with Crippen LogP contribution in [0.1, 0.15) is 25.7 Å². The van der Waals surface area contributed by atoms with Crippen LogP contribution in [0.15, 0.2) is 36.0 Å². The Morgan fingerprint density at radius 3 is 2.77 bits per heavy atom. The molecule has 1 aromatic carbocycles. The molecule has 1 saturated carbocycles. The first-order chi connectivity index (χ1) is 10.6. The van der Waals surface area contributed by atoms with Gasteiger partial charge >= 0.3 is 0 Å². The van der Waals surface area contributed by atoms with E-state index in [1.807, 2.05) is 6.07 Å². The topological polar surface area (TPSA) is 108 Å². The van der Waals surface area contributed by atoms with Gasteiger partial charge in [-0.25, -0.2) is 0 Å². The van der Waals surface area contributed by atoms with Gasteiger partial charge in [-0.2, -0.15) is 5.26 Å². The van der Waals surface area contributed by atoms with Gasteiger partial charge in [0.2, 0.25) is 0 Å². The molecule has 0 bridgehead atoms. The number of hydrogen-bond acceptors (Lipinski definition) is 5. The van der Waals surface area contributed by atoms with E-state index in [9.17, 15) is 14.9 Å². The fourth-order valence-electron chi connectivity index (χ4n) is 2.34. The first-order valence-corrected chi connectivity index (χ1v) is 7.02. The summed E-state index contributed by atoms with van der Waals surface area (Å²) in [6, 6.07) is 7.72. The van der Waals surface area contributed by atoms with Crippen LogP contribution >= 0.6 is 0 Å². The Bertz CT molecular complexity index is 642. The third-order valence-electron chi connectivity index (χ3n) is 3.50. The highest BCUT2D eigenvalue weighted by atomic mass is 16.6. The highest BCUT2D eigenvalue weighted by Gasteiger charge is 2.15. The minimum absolute atomic E-state index is 0.0570. The quantitative estimate of drug-likeness (QED) is 0.376. The van der Waals surface area contributed by atoms with Crippen LogP contribution in [-0.2, 0) is 4.79 Å². The molecule has 1 fully saturated rings. The molecule has 1 aromatic rings. The molecule has 0 atom stereocenters. The number of rotatable bonds is 5. The van der Waals surface area contributed by atoms with Crippen molar-refractivity contribution in [2.45, 2.75) is 31.7 Å². The van der Waals surface area contributed by atoms with Crippen molar-refractivity contribution in [3.8, 4) is 6.07 Å². The maximum atomic E-state index is 12.0. The van der Waals surface area contributed by atoms with E-state index in [0.29, 0.717) is 6.04 Å². The normalized spacial score (nSPS) is 15.1. The third-order valence-corrected chi connectivity index (χ3v) is 3.50. The lowest BCUT2D eigenvalue weighted by Gasteiger charge is -2.09. The second-order valence-corrected chi connectivity index (χ2v) is 5.08. The third kappa shape index (κ3) is 4.06. The molecule has 0 heterocycles. The Morgan fingerprint density at radius 2 is 2.14 bits per heavy atom. The van der Waals surface area contributed by atoms with Crippen molar-refractivity contribution in [3.05, 3.63) is 46.2 Å². The van der Waals surface area contributed by atoms with E-state index in [4.69, 9.17) is 5.26 Å². The summed E-state index contributed by atoms with van der Waals surface area (Å²) in [6.45, 7) is 0. The Labute approximate surface area is 127 Å². The molecule has 0 radical (unpaired) electrons. The average Bonchev–Trinajstić information content (AvgIpc) is 3.01. The molecule has 0 spiro atoms. The fourth-order valence-corrected chi connectivity index (χ4v) is 2.34. The molecule has 1 aliphatic carbocycles. The molecule has 0 unspecified atom stereocenters. The lowest BCUT2D eigenvalue weighted by atomic mass is 10.2. The van der Waals surface area contributed by atoms with Crippen LogP contribution in [0.25, 0.3) is 0 Å². The van der Waals surface area contributed by atoms with E-state index in [2.05, 4.69) is 10.6 Å². The van der Waals surface area contributed by atoms with Gasteiger partial charge in [0.05, 0.1) is 4.92 Å². The summed E-state index contributed by atoms with van der Waals surface area (Å²) in [4.78, 5) is 22.2. The molecular weight excluding hydrogens is 284 g/mol. The first kappa shape index (κ1) is 15.5. The summed E-state index contributed by atoms with van der Waals surface area (Å²) in [5.74, 6) is -0.589. The minimum atomic E-state index is -0.589. The van der Waals surface area contributed by atoms with E-state index in [1.165, 1.54) is 30.5 Å². The number of hydrogen-bond donors (Lipinski definition) is 2. The number of carbonyl (C=O) groups is 1. The molecule has 1 amide bonds. The van der Waals surface area contributed by atoms with Gasteiger partial charge in [0, 0.05) is 30.1 Å². The lowest BCUT2D eigenvalue weighted by Crippen LogP contribution is -2.23. The van der Waals surface area contributed by atoms with Gasteiger partial charge in [0.25, 0.3) is 11.6 Å². The summed E-state index contributed by atoms with van der Waals surface area (Å²) >= 11 is 0. The Morgan fingerprint density at radius 1 is 1.41 bits per heavy atom. The number of nitrogens with one attached hydrogen (secondary N) is 2. The number of benzene rings is 1. The summed E-state index contributed by atoms with van der Waals surface area (Å²) < 4.78 is 0. The number of non-ortho nitro benzene ring substituents is 1. The smallest absolute Gasteiger partial charge is 0.271 e. The van der Waals surface area contributed by atoms with Gasteiger partial charge in [0.15, 0.2) is 0 Å². The molecular formula is C15H16N4O3. The maximum Gasteiger partial charge on any atom is 0.271 e. The van der Waals surface area contributed by atoms with Crippen LogP contribution in [0.3, 0.4) is 0 Å². The molecule has 114 valence electrons. The van der Waals surface area contributed by atoms with Gasteiger partial charge < -0.3 is 10.6 Å². The van der Waals surface area contributed by atoms with Crippen LogP contribution < -0.4 is 10.6 Å². The van der Waals surface area contributed by atoms with Crippen molar-refractivity contribution in [3.63, 3.8) is 0 Å². The zero-order chi connectivity index (χ0) is 15.9. The number of nitriles is 1. The molecule has 2 rings (SSSR count). The molecule has 0 aromatic heterocycles. The summed E-state index contributed by atoms with van der Waals surface area (Å²) in [7, 11) is 0. The molecule has 1 aliphatic rings. The predicted octanol–water partition coefficient (Wildman–Crippen LogP) is 2.47. The van der Waals surface area contributed by atoms with E-state index in [-0.39, 0.29) is 16.9 Å². The van der Waals surface area contributed by atoms with Crippen LogP contribution in [0.4, 0.5) is 11.4 Å². The molecule has 7 heteroatoms. The van der Waals surface area contributed by atoms with Crippen molar-refractivity contribution in [1.82, 2.24) is 5.32 Å². The number of nitro benzene ring substituents is 1. The number of amides is 1. The van der Waals surface area contributed by atoms with Crippen molar-refractivity contribution in [2.75, 3.05) is 5.32 Å². The Kier molecular flexibility index (Phi) is 5.09. The average molecular weight is 300 g/mol. The van der Waals surface area contributed by atoms with Gasteiger partial charge in [-0.3, -0.25) is 14.9 Å². The van der Waals surface area contributed by atoms with E-state index in [1.54, 1.807) is 0 Å². The Balaban J connectivity index is 2.02. The van der Waals surface area contributed by atoms with E-state index >= 15 is 0 Å². The van der Waals surface area contributed by atoms with Crippen molar-refractivity contribution in [1.29, 1.82) is 5.26 Å². The fraction of sp³-hybridized carbons (Fsp3) is 0.333. The van der Waals surface area contributed by atoms with Gasteiger partial charge in [0.1, 0.15) is 11.6 Å². The number of anilines is 1. The second kappa shape index (κ2) is 7.22. The van der Waals surface area contributed by atoms with E-state index in [0.717, 1.165) is 25.7 Å². The first-order valence-electron chi connectivity index (χ1n) is 7.02. The SMILES string of the molecule is N#C/C(=C/NC1CCCC1)C(=O)Nc1cccc([N+](=O)[O-])c1. The zero-order valence-electron chi connectivity index (χ0n) is 11.9. The molecule has 7 nitrogen and oxygen atoms in total. The van der Waals surface area contributed by atoms with Crippen LogP contribution in [0, 0.1) is 21.4 Å². The summed E-state index contributed by atoms with van der Waals surface area (Å²) in [5.41, 5.74) is 0.101. The molecule has 2 N–H and O–H groups in total. The number of carbonyl (C=O) groups excluding carboxylic acids is 1. The van der Waals surface area contributed by atoms with Crippen molar-refractivity contribution < 1.29 is 9.72 Å². The van der Waals surface area contributed by atoms with Crippen LogP contribution in [-0.4, -0.2) is 16.9 Å². The van der Waals surface area contributed by atoms with Crippen LogP contribution in [0.5, 0.6) is 0 Å². The standard InChI is InChI=1S/C15H16N4O3/c16-9-11(10-17-12-4-1-2-5-12)15(20)18-13-6-3-7-14(8-13)19(21)22/h3,6-8,10,12,17H,1-2,4-5H2,(H,18,20)/b11-10-. The van der Waals surface area contributed by atoms with Gasteiger partial charge in [-0.15, -0.1) is 0 Å². The summed E-state index contributed by atoms with van der Waals surface area (Å²) in [5, 5.41) is 25.3. The summed E-state index contributed by atoms with van der Waals surface area (Å²) in [6.07, 6.45) is 5.77. The van der Waals surface area contributed by atoms with Crippen molar-refractivity contribution in [2.24, 2.45) is 0 Å². The molecule has 0 saturated heterocycles. The monoisotopic (exact) mass is 300 g/mol. The maximum absolute atomic E-state index is 12.0. The van der Waals surface area contributed by atoms with E-state index < -0.39 is 10.8 Å². The van der Waals surface area contributed by atoms with Gasteiger partial charge in [-0.1, -0.05) is 18.9 Å². The second-order valence-electron chi connectivity index (χ2n) is 5.08.